The van der Waals surface area contributed by atoms with Crippen LogP contribution < -0.4 is 5.32 Å². The van der Waals surface area contributed by atoms with Crippen molar-refractivity contribution in [3.8, 4) is 0 Å². The first-order chi connectivity index (χ1) is 11.4. The Bertz CT molecular complexity index is 741. The van der Waals surface area contributed by atoms with Crippen molar-refractivity contribution in [3.05, 3.63) is 46.6 Å². The lowest BCUT2D eigenvalue weighted by Crippen LogP contribution is -2.36. The molecule has 24 heavy (non-hydrogen) atoms. The predicted octanol–water partition coefficient (Wildman–Crippen LogP) is 1.45. The summed E-state index contributed by atoms with van der Waals surface area (Å²) in [5.74, 6) is -0.951. The first kappa shape index (κ1) is 17.6. The number of carboxylic acids is 1. The van der Waals surface area contributed by atoms with Gasteiger partial charge in [-0.1, -0.05) is 23.4 Å². The van der Waals surface area contributed by atoms with E-state index in [1.807, 2.05) is 19.9 Å². The molecular weight excluding hydrogens is 314 g/mol. The molecular formula is C16H19N3O5. The van der Waals surface area contributed by atoms with Crippen LogP contribution in [0.2, 0.25) is 0 Å². The SMILES string of the molecule is Cc1noc(COCC(=O)NC(C(=O)O)c2cccc(C)c2C)n1. The number of carbonyl (C=O) groups excluding carboxylic acids is 1. The third kappa shape index (κ3) is 4.39. The zero-order chi connectivity index (χ0) is 17.7. The van der Waals surface area contributed by atoms with Crippen molar-refractivity contribution >= 4 is 11.9 Å². The number of rotatable bonds is 7. The fourth-order valence-electron chi connectivity index (χ4n) is 2.19. The van der Waals surface area contributed by atoms with E-state index in [0.29, 0.717) is 11.4 Å². The lowest BCUT2D eigenvalue weighted by Gasteiger charge is -2.18. The van der Waals surface area contributed by atoms with Crippen LogP contribution in [0.1, 0.15) is 34.4 Å². The number of amides is 1. The number of ether oxygens (including phenoxy) is 1. The molecule has 1 atom stereocenters. The van der Waals surface area contributed by atoms with Gasteiger partial charge in [0.05, 0.1) is 0 Å². The zero-order valence-corrected chi connectivity index (χ0v) is 13.7. The number of carboxylic acid groups (broad SMARTS) is 1. The molecule has 1 aromatic heterocycles. The molecule has 2 rings (SSSR count). The van der Waals surface area contributed by atoms with E-state index in [1.165, 1.54) is 0 Å². The van der Waals surface area contributed by atoms with Crippen molar-refractivity contribution in [1.29, 1.82) is 0 Å². The molecule has 0 bridgehead atoms. The highest BCUT2D eigenvalue weighted by Crippen LogP contribution is 2.20. The van der Waals surface area contributed by atoms with Crippen LogP contribution in [0.5, 0.6) is 0 Å². The van der Waals surface area contributed by atoms with Crippen LogP contribution in [-0.2, 0) is 20.9 Å². The molecule has 1 heterocycles. The Labute approximate surface area is 138 Å². The van der Waals surface area contributed by atoms with E-state index >= 15 is 0 Å². The highest BCUT2D eigenvalue weighted by Gasteiger charge is 2.24. The second-order valence-corrected chi connectivity index (χ2v) is 5.36. The Morgan fingerprint density at radius 3 is 2.71 bits per heavy atom. The molecule has 1 unspecified atom stereocenters. The van der Waals surface area contributed by atoms with Crippen LogP contribution >= 0.6 is 0 Å². The van der Waals surface area contributed by atoms with Gasteiger partial charge in [-0.2, -0.15) is 4.98 Å². The summed E-state index contributed by atoms with van der Waals surface area (Å²) in [5, 5.41) is 15.5. The number of aliphatic carboxylic acids is 1. The Balaban J connectivity index is 1.96. The number of hydrogen-bond acceptors (Lipinski definition) is 6. The smallest absolute Gasteiger partial charge is 0.330 e. The van der Waals surface area contributed by atoms with Gasteiger partial charge in [0, 0.05) is 0 Å². The van der Waals surface area contributed by atoms with Crippen molar-refractivity contribution in [2.45, 2.75) is 33.4 Å². The van der Waals surface area contributed by atoms with Gasteiger partial charge in [-0.25, -0.2) is 4.79 Å². The van der Waals surface area contributed by atoms with E-state index in [1.54, 1.807) is 19.1 Å². The number of nitrogens with one attached hydrogen (secondary N) is 1. The highest BCUT2D eigenvalue weighted by atomic mass is 16.5. The van der Waals surface area contributed by atoms with Gasteiger partial charge >= 0.3 is 5.97 Å². The van der Waals surface area contributed by atoms with Gasteiger partial charge in [-0.3, -0.25) is 4.79 Å². The number of aromatic nitrogens is 2. The predicted molar refractivity (Wildman–Crippen MR) is 83.1 cm³/mol. The van der Waals surface area contributed by atoms with Crippen LogP contribution in [0.4, 0.5) is 0 Å². The second-order valence-electron chi connectivity index (χ2n) is 5.36. The van der Waals surface area contributed by atoms with E-state index in [0.717, 1.165) is 11.1 Å². The molecule has 0 aliphatic carbocycles. The Morgan fingerprint density at radius 2 is 2.08 bits per heavy atom. The van der Waals surface area contributed by atoms with E-state index < -0.39 is 17.9 Å². The molecule has 128 valence electrons. The summed E-state index contributed by atoms with van der Waals surface area (Å²) >= 11 is 0. The molecule has 2 N–H and O–H groups in total. The zero-order valence-electron chi connectivity index (χ0n) is 13.7. The first-order valence-electron chi connectivity index (χ1n) is 7.33. The summed E-state index contributed by atoms with van der Waals surface area (Å²) in [6, 6.07) is 4.19. The summed E-state index contributed by atoms with van der Waals surface area (Å²) in [4.78, 5) is 27.4. The van der Waals surface area contributed by atoms with Gasteiger partial charge in [0.2, 0.25) is 5.91 Å². The minimum absolute atomic E-state index is 0.0184. The summed E-state index contributed by atoms with van der Waals surface area (Å²) in [5.41, 5.74) is 2.33. The summed E-state index contributed by atoms with van der Waals surface area (Å²) in [6.07, 6.45) is 0. The molecule has 8 heteroatoms. The molecule has 0 aliphatic heterocycles. The van der Waals surface area contributed by atoms with Crippen LogP contribution in [0.3, 0.4) is 0 Å². The summed E-state index contributed by atoms with van der Waals surface area (Å²) in [7, 11) is 0. The molecule has 0 saturated carbocycles. The Hall–Kier alpha value is -2.74. The quantitative estimate of drug-likeness (QED) is 0.788. The summed E-state index contributed by atoms with van der Waals surface area (Å²) in [6.45, 7) is 5.04. The minimum atomic E-state index is -1.13. The monoisotopic (exact) mass is 333 g/mol. The van der Waals surface area contributed by atoms with Crippen molar-refractivity contribution in [3.63, 3.8) is 0 Å². The van der Waals surface area contributed by atoms with Crippen LogP contribution in [0.25, 0.3) is 0 Å². The lowest BCUT2D eigenvalue weighted by atomic mass is 9.97. The van der Waals surface area contributed by atoms with E-state index in [4.69, 9.17) is 9.26 Å². The molecule has 2 aromatic rings. The lowest BCUT2D eigenvalue weighted by molar-refractivity contribution is -0.143. The molecule has 8 nitrogen and oxygen atoms in total. The molecule has 0 fully saturated rings. The third-order valence-electron chi connectivity index (χ3n) is 3.54. The molecule has 0 saturated heterocycles. The molecule has 1 amide bonds. The second kappa shape index (κ2) is 7.69. The Morgan fingerprint density at radius 1 is 1.33 bits per heavy atom. The van der Waals surface area contributed by atoms with Gasteiger partial charge < -0.3 is 19.7 Å². The molecule has 0 aliphatic rings. The van der Waals surface area contributed by atoms with Crippen molar-refractivity contribution in [2.75, 3.05) is 6.61 Å². The molecule has 0 radical (unpaired) electrons. The standard InChI is InChI=1S/C16H19N3O5/c1-9-5-4-6-12(10(9)2)15(16(21)22)18-13(20)7-23-8-14-17-11(3)19-24-14/h4-6,15H,7-8H2,1-3H3,(H,18,20)(H,21,22). The molecule has 0 spiro atoms. The summed E-state index contributed by atoms with van der Waals surface area (Å²) < 4.78 is 10.0. The van der Waals surface area contributed by atoms with E-state index in [-0.39, 0.29) is 19.1 Å². The maximum atomic E-state index is 12.0. The molecule has 1 aromatic carbocycles. The first-order valence-corrected chi connectivity index (χ1v) is 7.33. The van der Waals surface area contributed by atoms with Crippen molar-refractivity contribution in [1.82, 2.24) is 15.5 Å². The van der Waals surface area contributed by atoms with Gasteiger partial charge in [-0.05, 0) is 37.5 Å². The van der Waals surface area contributed by atoms with Gasteiger partial charge in [0.15, 0.2) is 11.9 Å². The average Bonchev–Trinajstić information content (AvgIpc) is 2.93. The van der Waals surface area contributed by atoms with Crippen LogP contribution in [-0.4, -0.2) is 33.7 Å². The van der Waals surface area contributed by atoms with Crippen LogP contribution in [0.15, 0.2) is 22.7 Å². The Kier molecular flexibility index (Phi) is 5.64. The maximum Gasteiger partial charge on any atom is 0.330 e. The average molecular weight is 333 g/mol. The van der Waals surface area contributed by atoms with E-state index in [2.05, 4.69) is 15.5 Å². The number of benzene rings is 1. The topological polar surface area (TPSA) is 115 Å². The van der Waals surface area contributed by atoms with Crippen molar-refractivity contribution in [2.24, 2.45) is 0 Å². The maximum absolute atomic E-state index is 12.0. The van der Waals surface area contributed by atoms with E-state index in [9.17, 15) is 14.7 Å². The highest BCUT2D eigenvalue weighted by molar-refractivity contribution is 5.85. The van der Waals surface area contributed by atoms with Gasteiger partial charge in [-0.15, -0.1) is 0 Å². The number of aryl methyl sites for hydroxylation is 2. The number of nitrogens with zero attached hydrogens (tertiary/aromatic N) is 2. The normalized spacial score (nSPS) is 12.0. The minimum Gasteiger partial charge on any atom is -0.479 e. The van der Waals surface area contributed by atoms with Gasteiger partial charge in [0.25, 0.3) is 5.89 Å². The fourth-order valence-corrected chi connectivity index (χ4v) is 2.19. The third-order valence-corrected chi connectivity index (χ3v) is 3.54. The fraction of sp³-hybridized carbons (Fsp3) is 0.375. The van der Waals surface area contributed by atoms with Crippen molar-refractivity contribution < 1.29 is 24.0 Å². The number of hydrogen-bond donors (Lipinski definition) is 2. The van der Waals surface area contributed by atoms with Gasteiger partial charge in [0.1, 0.15) is 13.2 Å². The van der Waals surface area contributed by atoms with Crippen LogP contribution in [0, 0.1) is 20.8 Å². The number of carbonyl (C=O) groups is 2. The largest absolute Gasteiger partial charge is 0.479 e.